The molecule has 6 heteroatoms. The molecule has 0 N–H and O–H groups in total. The van der Waals surface area contributed by atoms with E-state index >= 15 is 0 Å². The molecular weight excluding hydrogens is 447 g/mol. The second-order valence-electron chi connectivity index (χ2n) is 6.14. The van der Waals surface area contributed by atoms with Crippen molar-refractivity contribution in [1.82, 2.24) is 0 Å². The van der Waals surface area contributed by atoms with E-state index in [4.69, 9.17) is 21.1 Å². The third kappa shape index (κ3) is 3.81. The minimum absolute atomic E-state index is 0.0288. The van der Waals surface area contributed by atoms with Crippen LogP contribution < -0.4 is 9.47 Å². The molecule has 1 aliphatic rings. The first-order valence-corrected chi connectivity index (χ1v) is 9.58. The predicted octanol–water partition coefficient (Wildman–Crippen LogP) is 6.44. The van der Waals surface area contributed by atoms with Crippen LogP contribution in [0.25, 0.3) is 6.08 Å². The lowest BCUT2D eigenvalue weighted by molar-refractivity contribution is 0.101. The third-order valence-electron chi connectivity index (χ3n) is 4.23. The van der Waals surface area contributed by atoms with Crippen LogP contribution in [-0.4, -0.2) is 5.78 Å². The second-order valence-corrected chi connectivity index (χ2v) is 7.46. The smallest absolute Gasteiger partial charge is 0.231 e. The minimum atomic E-state index is -0.431. The molecule has 0 radical (unpaired) electrons. The lowest BCUT2D eigenvalue weighted by Crippen LogP contribution is -1.99. The maximum absolute atomic E-state index is 13.9. The quantitative estimate of drug-likeness (QED) is 0.421. The number of carbonyl (C=O) groups excluding carboxylic acids is 1. The van der Waals surface area contributed by atoms with Crippen molar-refractivity contribution in [2.45, 2.75) is 6.61 Å². The van der Waals surface area contributed by atoms with Gasteiger partial charge in [-0.15, -0.1) is 0 Å². The van der Waals surface area contributed by atoms with Gasteiger partial charge in [-0.1, -0.05) is 45.7 Å². The average molecular weight is 460 g/mol. The van der Waals surface area contributed by atoms with Crippen molar-refractivity contribution in [2.75, 3.05) is 0 Å². The summed E-state index contributed by atoms with van der Waals surface area (Å²) in [6.45, 7) is -0.0288. The van der Waals surface area contributed by atoms with Crippen LogP contribution in [0.4, 0.5) is 4.39 Å². The Balaban J connectivity index is 1.54. The molecule has 3 aromatic rings. The number of fused-ring (bicyclic) bond motifs is 1. The second kappa shape index (κ2) is 7.78. The molecule has 3 aromatic carbocycles. The molecule has 28 heavy (non-hydrogen) atoms. The molecule has 0 amide bonds. The van der Waals surface area contributed by atoms with E-state index < -0.39 is 5.82 Å². The summed E-state index contributed by atoms with van der Waals surface area (Å²) in [5.74, 6) is 0.471. The van der Waals surface area contributed by atoms with Crippen molar-refractivity contribution in [1.29, 1.82) is 0 Å². The molecular formula is C22H13BrClFO3. The third-order valence-corrected chi connectivity index (χ3v) is 5.08. The topological polar surface area (TPSA) is 35.5 Å². The molecule has 1 heterocycles. The Morgan fingerprint density at radius 3 is 2.71 bits per heavy atom. The van der Waals surface area contributed by atoms with Gasteiger partial charge in [-0.05, 0) is 48.0 Å². The van der Waals surface area contributed by atoms with Gasteiger partial charge in [0, 0.05) is 16.1 Å². The Kier molecular flexibility index (Phi) is 5.20. The number of carbonyl (C=O) groups is 1. The number of rotatable bonds is 4. The Labute approximate surface area is 174 Å². The highest BCUT2D eigenvalue weighted by atomic mass is 79.9. The largest absolute Gasteiger partial charge is 0.489 e. The number of benzene rings is 3. The number of ether oxygens (including phenoxy) is 2. The van der Waals surface area contributed by atoms with Crippen molar-refractivity contribution >= 4 is 39.4 Å². The van der Waals surface area contributed by atoms with E-state index in [0.717, 1.165) is 10.0 Å². The monoisotopic (exact) mass is 458 g/mol. The van der Waals surface area contributed by atoms with E-state index in [-0.39, 0.29) is 23.7 Å². The molecule has 4 rings (SSSR count). The van der Waals surface area contributed by atoms with Gasteiger partial charge in [0.25, 0.3) is 0 Å². The number of hydrogen-bond donors (Lipinski definition) is 0. The maximum Gasteiger partial charge on any atom is 0.231 e. The van der Waals surface area contributed by atoms with E-state index in [2.05, 4.69) is 15.9 Å². The van der Waals surface area contributed by atoms with Gasteiger partial charge in [-0.25, -0.2) is 4.39 Å². The van der Waals surface area contributed by atoms with Gasteiger partial charge in [0.1, 0.15) is 23.9 Å². The lowest BCUT2D eigenvalue weighted by atomic mass is 10.1. The van der Waals surface area contributed by atoms with E-state index in [1.54, 1.807) is 30.3 Å². The van der Waals surface area contributed by atoms with E-state index in [0.29, 0.717) is 22.1 Å². The zero-order chi connectivity index (χ0) is 19.7. The van der Waals surface area contributed by atoms with Crippen LogP contribution in [0.5, 0.6) is 11.5 Å². The molecule has 140 valence electrons. The summed E-state index contributed by atoms with van der Waals surface area (Å²) >= 11 is 9.42. The molecule has 3 nitrogen and oxygen atoms in total. The fourth-order valence-electron chi connectivity index (χ4n) is 2.83. The van der Waals surface area contributed by atoms with Crippen LogP contribution in [-0.2, 0) is 6.61 Å². The van der Waals surface area contributed by atoms with Crippen molar-refractivity contribution < 1.29 is 18.7 Å². The van der Waals surface area contributed by atoms with Crippen molar-refractivity contribution in [3.8, 4) is 11.5 Å². The van der Waals surface area contributed by atoms with Gasteiger partial charge in [0.15, 0.2) is 5.76 Å². The summed E-state index contributed by atoms with van der Waals surface area (Å²) in [6, 6.07) is 16.9. The first kappa shape index (κ1) is 18.7. The van der Waals surface area contributed by atoms with Gasteiger partial charge < -0.3 is 9.47 Å². The number of ketones is 1. The van der Waals surface area contributed by atoms with E-state index in [1.807, 2.05) is 24.3 Å². The summed E-state index contributed by atoms with van der Waals surface area (Å²) in [6.07, 6.45) is 1.69. The zero-order valence-corrected chi connectivity index (χ0v) is 16.8. The molecule has 1 aliphatic heterocycles. The normalized spacial score (nSPS) is 14.1. The van der Waals surface area contributed by atoms with Crippen LogP contribution in [0, 0.1) is 5.82 Å². The molecule has 0 unspecified atom stereocenters. The SMILES string of the molecule is O=C1/C(=C/c2cccc(Br)c2)Oc2cc(OCc3c(F)cccc3Cl)ccc21. The van der Waals surface area contributed by atoms with E-state index in [1.165, 1.54) is 12.1 Å². The van der Waals surface area contributed by atoms with Crippen molar-refractivity contribution in [3.05, 3.63) is 98.4 Å². The van der Waals surface area contributed by atoms with Gasteiger partial charge in [0.05, 0.1) is 10.6 Å². The van der Waals surface area contributed by atoms with Crippen LogP contribution >= 0.6 is 27.5 Å². The molecule has 0 fully saturated rings. The molecule has 0 aliphatic carbocycles. The van der Waals surface area contributed by atoms with Gasteiger partial charge in [0.2, 0.25) is 5.78 Å². The van der Waals surface area contributed by atoms with Crippen molar-refractivity contribution in [2.24, 2.45) is 0 Å². The highest BCUT2D eigenvalue weighted by molar-refractivity contribution is 9.10. The average Bonchev–Trinajstić information content (AvgIpc) is 2.96. The number of hydrogen-bond acceptors (Lipinski definition) is 3. The van der Waals surface area contributed by atoms with Gasteiger partial charge in [-0.3, -0.25) is 4.79 Å². The summed E-state index contributed by atoms with van der Waals surface area (Å²) in [5, 5.41) is 0.298. The van der Waals surface area contributed by atoms with Gasteiger partial charge >= 0.3 is 0 Å². The highest BCUT2D eigenvalue weighted by Gasteiger charge is 2.27. The van der Waals surface area contributed by atoms with Crippen molar-refractivity contribution in [3.63, 3.8) is 0 Å². The Hall–Kier alpha value is -2.63. The Morgan fingerprint density at radius 1 is 1.11 bits per heavy atom. The number of Topliss-reactive ketones (excluding diaryl/α,β-unsaturated/α-hetero) is 1. The first-order valence-electron chi connectivity index (χ1n) is 8.41. The molecule has 0 saturated carbocycles. The fourth-order valence-corrected chi connectivity index (χ4v) is 3.47. The summed E-state index contributed by atoms with van der Waals surface area (Å²) < 4.78 is 26.1. The van der Waals surface area contributed by atoms with Crippen LogP contribution in [0.2, 0.25) is 5.02 Å². The highest BCUT2D eigenvalue weighted by Crippen LogP contribution is 2.35. The molecule has 0 spiro atoms. The number of allylic oxidation sites excluding steroid dienone is 1. The lowest BCUT2D eigenvalue weighted by Gasteiger charge is -2.09. The van der Waals surface area contributed by atoms with Crippen LogP contribution in [0.1, 0.15) is 21.5 Å². The zero-order valence-electron chi connectivity index (χ0n) is 14.4. The Morgan fingerprint density at radius 2 is 1.93 bits per heavy atom. The van der Waals surface area contributed by atoms with Crippen LogP contribution in [0.3, 0.4) is 0 Å². The van der Waals surface area contributed by atoms with Crippen LogP contribution in [0.15, 0.2) is 70.9 Å². The summed E-state index contributed by atoms with van der Waals surface area (Å²) in [4.78, 5) is 12.6. The van der Waals surface area contributed by atoms with Gasteiger partial charge in [-0.2, -0.15) is 0 Å². The van der Waals surface area contributed by atoms with E-state index in [9.17, 15) is 9.18 Å². The minimum Gasteiger partial charge on any atom is -0.489 e. The number of halogens is 3. The molecule has 0 saturated heterocycles. The first-order chi connectivity index (χ1) is 13.5. The Bertz CT molecular complexity index is 1090. The predicted molar refractivity (Wildman–Crippen MR) is 109 cm³/mol. The standard InChI is InChI=1S/C22H13BrClFO3/c23-14-4-1-3-13(9-14)10-21-22(26)16-8-7-15(11-20(16)28-21)27-12-17-18(24)5-2-6-19(17)25/h1-11H,12H2/b21-10-. The molecule has 0 atom stereocenters. The molecule has 0 aromatic heterocycles. The maximum atomic E-state index is 13.9. The molecule has 0 bridgehead atoms. The fraction of sp³-hybridized carbons (Fsp3) is 0.0455. The summed E-state index contributed by atoms with van der Waals surface area (Å²) in [7, 11) is 0. The summed E-state index contributed by atoms with van der Waals surface area (Å²) in [5.41, 5.74) is 1.57.